The van der Waals surface area contributed by atoms with Crippen molar-refractivity contribution in [3.8, 4) is 0 Å². The van der Waals surface area contributed by atoms with Gasteiger partial charge in [-0.3, -0.25) is 4.72 Å². The van der Waals surface area contributed by atoms with Gasteiger partial charge >= 0.3 is 0 Å². The van der Waals surface area contributed by atoms with Crippen LogP contribution in [0.4, 0.5) is 11.6 Å². The Morgan fingerprint density at radius 1 is 0.963 bits per heavy atom. The van der Waals surface area contributed by atoms with E-state index in [-0.39, 0.29) is 20.7 Å². The summed E-state index contributed by atoms with van der Waals surface area (Å²) in [6.07, 6.45) is 0. The Balaban J connectivity index is 1.79. The summed E-state index contributed by atoms with van der Waals surface area (Å²) in [6, 6.07) is 8.12. The Morgan fingerprint density at radius 2 is 1.63 bits per heavy atom. The predicted octanol–water partition coefficient (Wildman–Crippen LogP) is 3.61. The van der Waals surface area contributed by atoms with Crippen molar-refractivity contribution in [2.75, 3.05) is 9.44 Å². The number of aryl methyl sites for hydroxylation is 1. The highest BCUT2D eigenvalue weighted by Crippen LogP contribution is 2.28. The molecular formula is C15H14ClN3O5S3. The minimum absolute atomic E-state index is 0.0341. The van der Waals surface area contributed by atoms with Gasteiger partial charge in [0.15, 0.2) is 0 Å². The standard InChI is InChI=1S/C15H14ClN3O5S3/c1-9-10(2)17-24-15(9)19-26(20,21)12-5-3-11(4-6-12)18-27(22,23)14-8-7-13(16)25-14/h3-8,18-19H,1-2H3. The lowest BCUT2D eigenvalue weighted by atomic mass is 10.3. The van der Waals surface area contributed by atoms with Crippen molar-refractivity contribution in [2.24, 2.45) is 0 Å². The average molecular weight is 448 g/mol. The zero-order chi connectivity index (χ0) is 19.8. The number of halogens is 1. The number of anilines is 2. The number of benzene rings is 1. The lowest BCUT2D eigenvalue weighted by molar-refractivity contribution is 0.430. The van der Waals surface area contributed by atoms with Crippen LogP contribution in [0, 0.1) is 13.8 Å². The number of aromatic nitrogens is 1. The highest BCUT2D eigenvalue weighted by atomic mass is 35.5. The molecule has 1 aromatic carbocycles. The van der Waals surface area contributed by atoms with Gasteiger partial charge in [-0.1, -0.05) is 16.8 Å². The minimum Gasteiger partial charge on any atom is -0.337 e. The summed E-state index contributed by atoms with van der Waals surface area (Å²) in [7, 11) is -7.70. The van der Waals surface area contributed by atoms with Crippen LogP contribution in [0.3, 0.4) is 0 Å². The molecule has 144 valence electrons. The zero-order valence-corrected chi connectivity index (χ0v) is 17.3. The fourth-order valence-corrected chi connectivity index (χ4v) is 5.63. The molecule has 0 saturated carbocycles. The van der Waals surface area contributed by atoms with Gasteiger partial charge < -0.3 is 4.52 Å². The molecule has 0 aliphatic carbocycles. The number of hydrogen-bond donors (Lipinski definition) is 2. The second kappa shape index (κ2) is 7.15. The fourth-order valence-electron chi connectivity index (χ4n) is 2.04. The molecule has 0 unspecified atom stereocenters. The lowest BCUT2D eigenvalue weighted by Gasteiger charge is -2.08. The third-order valence-electron chi connectivity index (χ3n) is 3.61. The summed E-state index contributed by atoms with van der Waals surface area (Å²) in [4.78, 5) is -0.0573. The third-order valence-corrected chi connectivity index (χ3v) is 8.07. The number of nitrogens with zero attached hydrogens (tertiary/aromatic N) is 1. The summed E-state index contributed by atoms with van der Waals surface area (Å²) in [6.45, 7) is 3.37. The second-order valence-electron chi connectivity index (χ2n) is 5.52. The van der Waals surface area contributed by atoms with Crippen LogP contribution in [-0.4, -0.2) is 22.0 Å². The summed E-state index contributed by atoms with van der Waals surface area (Å²) in [5.74, 6) is 0.0341. The van der Waals surface area contributed by atoms with E-state index in [4.69, 9.17) is 16.1 Å². The zero-order valence-electron chi connectivity index (χ0n) is 14.1. The molecule has 0 spiro atoms. The molecule has 3 aromatic rings. The molecule has 2 aromatic heterocycles. The Hall–Kier alpha value is -2.08. The summed E-state index contributed by atoms with van der Waals surface area (Å²) in [5.41, 5.74) is 1.37. The first-order valence-electron chi connectivity index (χ1n) is 7.42. The number of sulfonamides is 2. The maximum Gasteiger partial charge on any atom is 0.271 e. The Labute approximate surface area is 165 Å². The van der Waals surface area contributed by atoms with Crippen LogP contribution in [0.15, 0.2) is 50.0 Å². The SMILES string of the molecule is Cc1noc(NS(=O)(=O)c2ccc(NS(=O)(=O)c3ccc(Cl)s3)cc2)c1C. The molecule has 2 N–H and O–H groups in total. The monoisotopic (exact) mass is 447 g/mol. The molecule has 0 fully saturated rings. The number of hydrogen-bond acceptors (Lipinski definition) is 7. The first-order valence-corrected chi connectivity index (χ1v) is 11.6. The molecule has 8 nitrogen and oxygen atoms in total. The number of thiophene rings is 1. The first kappa shape index (κ1) is 19.7. The van der Waals surface area contributed by atoms with E-state index in [1.807, 2.05) is 0 Å². The van der Waals surface area contributed by atoms with Gasteiger partial charge in [0.05, 0.1) is 14.9 Å². The average Bonchev–Trinajstić information content (AvgIpc) is 3.16. The molecule has 27 heavy (non-hydrogen) atoms. The van der Waals surface area contributed by atoms with E-state index < -0.39 is 20.0 Å². The molecule has 12 heteroatoms. The fraction of sp³-hybridized carbons (Fsp3) is 0.133. The highest BCUT2D eigenvalue weighted by Gasteiger charge is 2.20. The molecule has 2 heterocycles. The van der Waals surface area contributed by atoms with Crippen molar-refractivity contribution >= 4 is 54.6 Å². The maximum absolute atomic E-state index is 12.4. The van der Waals surface area contributed by atoms with Crippen LogP contribution >= 0.6 is 22.9 Å². The van der Waals surface area contributed by atoms with Crippen molar-refractivity contribution in [3.05, 3.63) is 52.0 Å². The molecule has 0 aliphatic rings. The van der Waals surface area contributed by atoms with Crippen LogP contribution in [-0.2, 0) is 20.0 Å². The number of rotatable bonds is 6. The van der Waals surface area contributed by atoms with E-state index in [0.717, 1.165) is 11.3 Å². The van der Waals surface area contributed by atoms with Crippen LogP contribution in [0.25, 0.3) is 0 Å². The van der Waals surface area contributed by atoms with E-state index in [2.05, 4.69) is 14.6 Å². The van der Waals surface area contributed by atoms with Crippen molar-refractivity contribution in [3.63, 3.8) is 0 Å². The molecule has 0 radical (unpaired) electrons. The summed E-state index contributed by atoms with van der Waals surface area (Å²) < 4.78 is 59.4. The largest absolute Gasteiger partial charge is 0.337 e. The van der Waals surface area contributed by atoms with Crippen molar-refractivity contribution < 1.29 is 21.4 Å². The molecule has 0 atom stereocenters. The minimum atomic E-state index is -3.91. The van der Waals surface area contributed by atoms with Gasteiger partial charge in [-0.05, 0) is 50.2 Å². The molecule has 3 rings (SSSR count). The topological polar surface area (TPSA) is 118 Å². The summed E-state index contributed by atoms with van der Waals surface area (Å²) >= 11 is 6.68. The van der Waals surface area contributed by atoms with Crippen molar-refractivity contribution in [1.82, 2.24) is 5.16 Å². The van der Waals surface area contributed by atoms with Gasteiger partial charge in [0, 0.05) is 11.3 Å². The number of nitrogens with one attached hydrogen (secondary N) is 2. The second-order valence-corrected chi connectivity index (χ2v) is 10.8. The highest BCUT2D eigenvalue weighted by molar-refractivity contribution is 7.94. The first-order chi connectivity index (χ1) is 12.6. The van der Waals surface area contributed by atoms with E-state index in [0.29, 0.717) is 15.6 Å². The van der Waals surface area contributed by atoms with Crippen LogP contribution in [0.5, 0.6) is 0 Å². The van der Waals surface area contributed by atoms with Gasteiger partial charge in [0.2, 0.25) is 5.88 Å². The van der Waals surface area contributed by atoms with Gasteiger partial charge in [-0.15, -0.1) is 11.3 Å². The molecular weight excluding hydrogens is 434 g/mol. The summed E-state index contributed by atoms with van der Waals surface area (Å²) in [5, 5.41) is 3.69. The smallest absolute Gasteiger partial charge is 0.271 e. The van der Waals surface area contributed by atoms with Gasteiger partial charge in [0.25, 0.3) is 20.0 Å². The Morgan fingerprint density at radius 3 is 2.15 bits per heavy atom. The molecule has 0 saturated heterocycles. The normalized spacial score (nSPS) is 12.1. The van der Waals surface area contributed by atoms with Gasteiger partial charge in [-0.25, -0.2) is 21.6 Å². The van der Waals surface area contributed by atoms with Crippen molar-refractivity contribution in [2.45, 2.75) is 23.0 Å². The van der Waals surface area contributed by atoms with E-state index in [1.54, 1.807) is 13.8 Å². The quantitative estimate of drug-likeness (QED) is 0.595. The maximum atomic E-state index is 12.4. The van der Waals surface area contributed by atoms with Gasteiger partial charge in [-0.2, -0.15) is 0 Å². The molecule has 0 aliphatic heterocycles. The van der Waals surface area contributed by atoms with E-state index >= 15 is 0 Å². The Kier molecular flexibility index (Phi) is 5.21. The molecule has 0 amide bonds. The van der Waals surface area contributed by atoms with Crippen LogP contribution in [0.2, 0.25) is 4.34 Å². The third kappa shape index (κ3) is 4.26. The Bertz CT molecular complexity index is 1180. The predicted molar refractivity (Wildman–Crippen MR) is 103 cm³/mol. The van der Waals surface area contributed by atoms with Crippen LogP contribution in [0.1, 0.15) is 11.3 Å². The van der Waals surface area contributed by atoms with E-state index in [1.165, 1.54) is 36.4 Å². The molecule has 0 bridgehead atoms. The van der Waals surface area contributed by atoms with Gasteiger partial charge in [0.1, 0.15) is 4.21 Å². The van der Waals surface area contributed by atoms with E-state index in [9.17, 15) is 16.8 Å². The van der Waals surface area contributed by atoms with Crippen LogP contribution < -0.4 is 9.44 Å². The lowest BCUT2D eigenvalue weighted by Crippen LogP contribution is -2.14. The van der Waals surface area contributed by atoms with Crippen molar-refractivity contribution in [1.29, 1.82) is 0 Å².